The number of fused-ring (bicyclic) bond motifs is 1. The largest absolute Gasteiger partial charge is 0.431 e. The molecule has 2 rings (SSSR count). The van der Waals surface area contributed by atoms with Crippen LogP contribution in [0.15, 0.2) is 24.3 Å². The molecule has 0 saturated heterocycles. The predicted molar refractivity (Wildman–Crippen MR) is 50.8 cm³/mol. The van der Waals surface area contributed by atoms with Gasteiger partial charge in [-0.3, -0.25) is 5.10 Å². The standard InChI is InChI=1S/C6H5N3.CH6OSi/c1-2-4-6-5(3-1)7-9-8-6;1-2-3/h1-4H,(H,7,8,9);1,3H3. The van der Waals surface area contributed by atoms with Gasteiger partial charge in [0.25, 0.3) is 0 Å². The Morgan fingerprint density at radius 3 is 2.75 bits per heavy atom. The van der Waals surface area contributed by atoms with Crippen molar-refractivity contribution in [2.75, 3.05) is 7.11 Å². The molecule has 0 saturated carbocycles. The van der Waals surface area contributed by atoms with Crippen molar-refractivity contribution in [1.29, 1.82) is 0 Å². The SMILES string of the molecule is CO[SiH3].c1ccc2[nH]nnc2c1. The summed E-state index contributed by atoms with van der Waals surface area (Å²) in [6.07, 6.45) is 0. The van der Waals surface area contributed by atoms with Gasteiger partial charge < -0.3 is 4.43 Å². The molecule has 5 heteroatoms. The van der Waals surface area contributed by atoms with Gasteiger partial charge in [0.05, 0.1) is 5.52 Å². The maximum absolute atomic E-state index is 4.39. The number of hydrogen-bond donors (Lipinski definition) is 1. The molecule has 0 radical (unpaired) electrons. The minimum atomic E-state index is 0.869. The molecule has 1 aromatic carbocycles. The molecule has 12 heavy (non-hydrogen) atoms. The van der Waals surface area contributed by atoms with Gasteiger partial charge in [0.1, 0.15) is 16.0 Å². The van der Waals surface area contributed by atoms with E-state index in [1.54, 1.807) is 7.11 Å². The molecule has 0 fully saturated rings. The van der Waals surface area contributed by atoms with E-state index < -0.39 is 0 Å². The molecule has 1 N–H and O–H groups in total. The van der Waals surface area contributed by atoms with Gasteiger partial charge in [-0.2, -0.15) is 0 Å². The highest BCUT2D eigenvalue weighted by atomic mass is 28.2. The van der Waals surface area contributed by atoms with Crippen molar-refractivity contribution in [2.24, 2.45) is 0 Å². The molecule has 64 valence electrons. The van der Waals surface area contributed by atoms with E-state index in [1.165, 1.54) is 0 Å². The first-order valence-electron chi connectivity index (χ1n) is 3.54. The fraction of sp³-hybridized carbons (Fsp3) is 0.143. The zero-order valence-corrected chi connectivity index (χ0v) is 9.11. The number of benzene rings is 1. The number of rotatable bonds is 0. The summed E-state index contributed by atoms with van der Waals surface area (Å²) < 4.78 is 4.39. The Bertz CT molecular complexity index is 306. The Hall–Kier alpha value is -1.20. The molecular weight excluding hydrogens is 170 g/mol. The summed E-state index contributed by atoms with van der Waals surface area (Å²) in [6, 6.07) is 7.74. The van der Waals surface area contributed by atoms with Crippen molar-refractivity contribution in [3.63, 3.8) is 0 Å². The highest BCUT2D eigenvalue weighted by Gasteiger charge is 1.90. The van der Waals surface area contributed by atoms with Crippen LogP contribution >= 0.6 is 0 Å². The lowest BCUT2D eigenvalue weighted by Crippen LogP contribution is -1.63. The summed E-state index contributed by atoms with van der Waals surface area (Å²) in [4.78, 5) is 0. The van der Waals surface area contributed by atoms with Crippen LogP contribution in [0, 0.1) is 0 Å². The Morgan fingerprint density at radius 2 is 2.08 bits per heavy atom. The van der Waals surface area contributed by atoms with Crippen LogP contribution in [-0.2, 0) is 4.43 Å². The highest BCUT2D eigenvalue weighted by Crippen LogP contribution is 2.03. The molecule has 0 atom stereocenters. The number of nitrogens with one attached hydrogen (secondary N) is 1. The third-order valence-electron chi connectivity index (χ3n) is 1.23. The number of aromatic nitrogens is 3. The van der Waals surface area contributed by atoms with Crippen LogP contribution in [-0.4, -0.2) is 33.0 Å². The van der Waals surface area contributed by atoms with Gasteiger partial charge in [-0.25, -0.2) is 0 Å². The molecule has 1 aromatic heterocycles. The van der Waals surface area contributed by atoms with E-state index in [0.29, 0.717) is 0 Å². The Kier molecular flexibility index (Phi) is 3.43. The molecule has 0 aliphatic rings. The summed E-state index contributed by atoms with van der Waals surface area (Å²) in [5.41, 5.74) is 1.90. The van der Waals surface area contributed by atoms with Crippen LogP contribution in [0.1, 0.15) is 0 Å². The van der Waals surface area contributed by atoms with Crippen LogP contribution in [0.3, 0.4) is 0 Å². The maximum atomic E-state index is 4.39. The molecule has 0 aliphatic carbocycles. The maximum Gasteiger partial charge on any atom is 0.145 e. The summed E-state index contributed by atoms with van der Waals surface area (Å²) in [5, 5.41) is 10.2. The van der Waals surface area contributed by atoms with Gasteiger partial charge in [-0.15, -0.1) is 5.10 Å². The second-order valence-electron chi connectivity index (χ2n) is 2.24. The van der Waals surface area contributed by atoms with E-state index in [0.717, 1.165) is 21.5 Å². The summed E-state index contributed by atoms with van der Waals surface area (Å²) in [7, 11) is 2.56. The zero-order valence-electron chi connectivity index (χ0n) is 7.11. The number of hydrogen-bond acceptors (Lipinski definition) is 3. The second kappa shape index (κ2) is 4.63. The molecule has 4 nitrogen and oxygen atoms in total. The molecule has 1 heterocycles. The van der Waals surface area contributed by atoms with Gasteiger partial charge in [0.2, 0.25) is 0 Å². The molecule has 2 aromatic rings. The molecule has 0 spiro atoms. The van der Waals surface area contributed by atoms with Gasteiger partial charge in [-0.05, 0) is 12.1 Å². The lowest BCUT2D eigenvalue weighted by atomic mass is 10.3. The third-order valence-corrected chi connectivity index (χ3v) is 1.23. The predicted octanol–water partition coefficient (Wildman–Crippen LogP) is -0.129. The van der Waals surface area contributed by atoms with E-state index in [2.05, 4.69) is 19.8 Å². The molecular formula is C7H11N3OSi. The van der Waals surface area contributed by atoms with Gasteiger partial charge >= 0.3 is 0 Å². The van der Waals surface area contributed by atoms with Crippen LogP contribution in [0.2, 0.25) is 0 Å². The van der Waals surface area contributed by atoms with Crippen LogP contribution < -0.4 is 0 Å². The number of aromatic amines is 1. The Morgan fingerprint density at radius 1 is 1.42 bits per heavy atom. The lowest BCUT2D eigenvalue weighted by molar-refractivity contribution is 0.460. The summed E-state index contributed by atoms with van der Waals surface area (Å²) in [6.45, 7) is 0. The van der Waals surface area contributed by atoms with Crippen molar-refractivity contribution in [1.82, 2.24) is 15.4 Å². The van der Waals surface area contributed by atoms with Gasteiger partial charge in [0, 0.05) is 7.11 Å². The van der Waals surface area contributed by atoms with Crippen LogP contribution in [0.25, 0.3) is 11.0 Å². The van der Waals surface area contributed by atoms with Crippen molar-refractivity contribution in [2.45, 2.75) is 0 Å². The van der Waals surface area contributed by atoms with E-state index >= 15 is 0 Å². The first kappa shape index (κ1) is 8.89. The topological polar surface area (TPSA) is 50.8 Å². The molecule has 0 amide bonds. The van der Waals surface area contributed by atoms with E-state index in [4.69, 9.17) is 0 Å². The van der Waals surface area contributed by atoms with E-state index in [9.17, 15) is 0 Å². The average molecular weight is 181 g/mol. The van der Waals surface area contributed by atoms with Crippen molar-refractivity contribution < 1.29 is 4.43 Å². The first-order chi connectivity index (χ1) is 5.88. The normalized spacial score (nSPS) is 9.42. The van der Waals surface area contributed by atoms with Gasteiger partial charge in [0.15, 0.2) is 0 Å². The molecule has 0 unspecified atom stereocenters. The van der Waals surface area contributed by atoms with Crippen LogP contribution in [0.5, 0.6) is 0 Å². The smallest absolute Gasteiger partial charge is 0.145 e. The zero-order chi connectivity index (χ0) is 8.81. The average Bonchev–Trinajstić information content (AvgIpc) is 2.52. The number of para-hydroxylation sites is 1. The molecule has 0 bridgehead atoms. The summed E-state index contributed by atoms with van der Waals surface area (Å²) in [5.74, 6) is 0. The monoisotopic (exact) mass is 181 g/mol. The van der Waals surface area contributed by atoms with Crippen molar-refractivity contribution in [3.8, 4) is 0 Å². The van der Waals surface area contributed by atoms with E-state index in [1.807, 2.05) is 24.3 Å². The van der Waals surface area contributed by atoms with Crippen molar-refractivity contribution >= 4 is 21.5 Å². The lowest BCUT2D eigenvalue weighted by Gasteiger charge is -1.79. The summed E-state index contributed by atoms with van der Waals surface area (Å²) >= 11 is 0. The van der Waals surface area contributed by atoms with E-state index in [-0.39, 0.29) is 0 Å². The molecule has 0 aliphatic heterocycles. The number of nitrogens with zero attached hydrogens (tertiary/aromatic N) is 2. The minimum absolute atomic E-state index is 0.869. The quantitative estimate of drug-likeness (QED) is 0.576. The fourth-order valence-corrected chi connectivity index (χ4v) is 0.788. The first-order valence-corrected chi connectivity index (χ1v) is 4.36. The van der Waals surface area contributed by atoms with Crippen molar-refractivity contribution in [3.05, 3.63) is 24.3 Å². The fourth-order valence-electron chi connectivity index (χ4n) is 0.788. The minimum Gasteiger partial charge on any atom is -0.431 e. The van der Waals surface area contributed by atoms with Crippen LogP contribution in [0.4, 0.5) is 0 Å². The Labute approximate surface area is 73.5 Å². The number of H-pyrrole nitrogens is 1. The second-order valence-corrected chi connectivity index (χ2v) is 3.05. The Balaban J connectivity index is 0.000000213. The third kappa shape index (κ3) is 2.14. The highest BCUT2D eigenvalue weighted by molar-refractivity contribution is 5.97. The van der Waals surface area contributed by atoms with Gasteiger partial charge in [-0.1, -0.05) is 17.3 Å².